The number of thioether (sulfide) groups is 2. The summed E-state index contributed by atoms with van der Waals surface area (Å²) in [5.74, 6) is 0.902. The van der Waals surface area contributed by atoms with E-state index in [9.17, 15) is 14.9 Å². The molecule has 0 aliphatic carbocycles. The second-order valence-electron chi connectivity index (χ2n) is 4.11. The van der Waals surface area contributed by atoms with Crippen LogP contribution in [-0.2, 0) is 4.79 Å². The van der Waals surface area contributed by atoms with E-state index in [0.29, 0.717) is 11.3 Å². The monoisotopic (exact) mass is 342 g/mol. The molecule has 0 bridgehead atoms. The highest BCUT2D eigenvalue weighted by Crippen LogP contribution is 2.32. The van der Waals surface area contributed by atoms with Crippen LogP contribution in [0, 0.1) is 10.1 Å². The third kappa shape index (κ3) is 4.09. The molecule has 1 aliphatic rings. The quantitative estimate of drug-likeness (QED) is 0.461. The van der Waals surface area contributed by atoms with Crippen LogP contribution >= 0.6 is 35.1 Å². The van der Waals surface area contributed by atoms with Crippen molar-refractivity contribution in [2.45, 2.75) is 13.3 Å². The Hall–Kier alpha value is -1.31. The number of rotatable bonds is 4. The van der Waals surface area contributed by atoms with Gasteiger partial charge in [0.15, 0.2) is 0 Å². The fourth-order valence-electron chi connectivity index (χ4n) is 1.56. The highest BCUT2D eigenvalue weighted by molar-refractivity contribution is 8.45. The van der Waals surface area contributed by atoms with Gasteiger partial charge in [-0.05, 0) is 41.6 Å². The van der Waals surface area contributed by atoms with Gasteiger partial charge in [0.25, 0.3) is 5.69 Å². The Morgan fingerprint density at radius 3 is 2.95 bits per heavy atom. The Kier molecular flexibility index (Phi) is 5.44. The summed E-state index contributed by atoms with van der Waals surface area (Å²) in [5.41, 5.74) is 0.643. The van der Waals surface area contributed by atoms with Crippen LogP contribution in [0.5, 0.6) is 0 Å². The predicted octanol–water partition coefficient (Wildman–Crippen LogP) is 4.36. The number of halogens is 1. The molecule has 5 nitrogen and oxygen atoms in total. The molecular weight excluding hydrogens is 332 g/mol. The highest BCUT2D eigenvalue weighted by Gasteiger charge is 2.22. The number of nitro benzene ring substituents is 1. The molecule has 0 atom stereocenters. The van der Waals surface area contributed by atoms with Crippen molar-refractivity contribution in [1.29, 1.82) is 0 Å². The van der Waals surface area contributed by atoms with E-state index in [1.165, 1.54) is 30.0 Å². The van der Waals surface area contributed by atoms with E-state index in [-0.39, 0.29) is 15.8 Å². The number of hydrogen-bond acceptors (Lipinski definition) is 6. The highest BCUT2D eigenvalue weighted by atomic mass is 35.5. The lowest BCUT2D eigenvalue weighted by molar-refractivity contribution is -0.384. The van der Waals surface area contributed by atoms with Crippen LogP contribution < -0.4 is 0 Å². The average molecular weight is 343 g/mol. The van der Waals surface area contributed by atoms with Gasteiger partial charge in [-0.3, -0.25) is 14.9 Å². The molecular formula is C13H11ClN2O3S2. The summed E-state index contributed by atoms with van der Waals surface area (Å²) in [5, 5.41) is 10.8. The molecule has 0 N–H and O–H groups in total. The number of aliphatic imine (C=N–C) groups is 1. The predicted molar refractivity (Wildman–Crippen MR) is 88.9 cm³/mol. The minimum absolute atomic E-state index is 0.0666. The zero-order valence-corrected chi connectivity index (χ0v) is 13.4. The van der Waals surface area contributed by atoms with Crippen molar-refractivity contribution >= 4 is 56.4 Å². The van der Waals surface area contributed by atoms with Crippen LogP contribution in [-0.4, -0.2) is 20.2 Å². The Balaban J connectivity index is 2.27. The van der Waals surface area contributed by atoms with Crippen molar-refractivity contribution in [2.75, 3.05) is 5.75 Å². The normalized spacial score (nSPS) is 16.4. The van der Waals surface area contributed by atoms with Crippen LogP contribution in [0.25, 0.3) is 6.08 Å². The van der Waals surface area contributed by atoms with Crippen molar-refractivity contribution in [3.8, 4) is 0 Å². The third-order valence-electron chi connectivity index (χ3n) is 2.50. The lowest BCUT2D eigenvalue weighted by Crippen LogP contribution is -1.91. The molecule has 1 heterocycles. The summed E-state index contributed by atoms with van der Waals surface area (Å²) in [6, 6.07) is 4.39. The number of carbonyl (C=O) groups is 1. The number of hydrogen-bond donors (Lipinski definition) is 0. The van der Waals surface area contributed by atoms with Gasteiger partial charge in [-0.2, -0.15) is 0 Å². The van der Waals surface area contributed by atoms with Gasteiger partial charge in [0.05, 0.1) is 4.92 Å². The molecule has 0 amide bonds. The van der Waals surface area contributed by atoms with E-state index in [0.717, 1.165) is 28.3 Å². The standard InChI is InChI=1S/C13H11ClN2O3S2/c1-2-5-20-13-15-10(12(17)21-13)6-8-3-4-9(14)11(7-8)16(18)19/h3-4,6-7H,2,5H2,1H3/b10-6+. The number of carbonyl (C=O) groups excluding carboxylic acids is 1. The molecule has 1 aliphatic heterocycles. The van der Waals surface area contributed by atoms with Gasteiger partial charge in [-0.1, -0.05) is 36.4 Å². The van der Waals surface area contributed by atoms with E-state index in [2.05, 4.69) is 11.9 Å². The number of benzene rings is 1. The van der Waals surface area contributed by atoms with Crippen LogP contribution in [0.3, 0.4) is 0 Å². The van der Waals surface area contributed by atoms with Crippen LogP contribution in [0.1, 0.15) is 18.9 Å². The average Bonchev–Trinajstić information content (AvgIpc) is 2.78. The second-order valence-corrected chi connectivity index (χ2v) is 6.82. The molecule has 0 unspecified atom stereocenters. The fraction of sp³-hybridized carbons (Fsp3) is 0.231. The van der Waals surface area contributed by atoms with Crippen molar-refractivity contribution < 1.29 is 9.72 Å². The Morgan fingerprint density at radius 1 is 1.52 bits per heavy atom. The maximum Gasteiger partial charge on any atom is 0.288 e. The Morgan fingerprint density at radius 2 is 2.29 bits per heavy atom. The van der Waals surface area contributed by atoms with Crippen LogP contribution in [0.15, 0.2) is 28.9 Å². The number of nitrogens with zero attached hydrogens (tertiary/aromatic N) is 2. The van der Waals surface area contributed by atoms with E-state index < -0.39 is 4.92 Å². The van der Waals surface area contributed by atoms with Gasteiger partial charge in [0.1, 0.15) is 15.1 Å². The third-order valence-corrected chi connectivity index (χ3v) is 5.04. The smallest absolute Gasteiger partial charge is 0.279 e. The molecule has 0 radical (unpaired) electrons. The Bertz CT molecular complexity index is 659. The Labute approximate surface area is 135 Å². The first-order valence-corrected chi connectivity index (χ1v) is 8.28. The molecule has 1 aromatic rings. The van der Waals surface area contributed by atoms with E-state index >= 15 is 0 Å². The molecule has 21 heavy (non-hydrogen) atoms. The molecule has 1 aromatic carbocycles. The van der Waals surface area contributed by atoms with Crippen molar-refractivity contribution in [3.05, 3.63) is 44.6 Å². The first-order valence-electron chi connectivity index (χ1n) is 6.10. The zero-order chi connectivity index (χ0) is 15.4. The molecule has 0 saturated carbocycles. The zero-order valence-electron chi connectivity index (χ0n) is 11.0. The fourth-order valence-corrected chi connectivity index (χ4v) is 3.51. The van der Waals surface area contributed by atoms with Gasteiger partial charge in [-0.25, -0.2) is 4.99 Å². The van der Waals surface area contributed by atoms with Gasteiger partial charge in [0.2, 0.25) is 5.12 Å². The minimum atomic E-state index is -0.554. The summed E-state index contributed by atoms with van der Waals surface area (Å²) < 4.78 is 0.719. The van der Waals surface area contributed by atoms with Crippen molar-refractivity contribution in [1.82, 2.24) is 0 Å². The molecule has 0 saturated heterocycles. The lowest BCUT2D eigenvalue weighted by Gasteiger charge is -1.97. The summed E-state index contributed by atoms with van der Waals surface area (Å²) in [7, 11) is 0. The lowest BCUT2D eigenvalue weighted by atomic mass is 10.2. The second kappa shape index (κ2) is 7.11. The summed E-state index contributed by atoms with van der Waals surface area (Å²) in [4.78, 5) is 26.4. The van der Waals surface area contributed by atoms with Gasteiger partial charge >= 0.3 is 0 Å². The number of nitro groups is 1. The maximum atomic E-state index is 11.8. The molecule has 0 spiro atoms. The summed E-state index contributed by atoms with van der Waals surface area (Å²) in [6.45, 7) is 2.05. The first-order chi connectivity index (χ1) is 10.0. The van der Waals surface area contributed by atoms with Gasteiger partial charge in [0, 0.05) is 6.07 Å². The molecule has 110 valence electrons. The molecule has 2 rings (SSSR count). The van der Waals surface area contributed by atoms with Crippen LogP contribution in [0.4, 0.5) is 5.69 Å². The molecule has 0 fully saturated rings. The van der Waals surface area contributed by atoms with E-state index in [1.807, 2.05) is 0 Å². The topological polar surface area (TPSA) is 72.6 Å². The van der Waals surface area contributed by atoms with E-state index in [1.54, 1.807) is 6.07 Å². The molecule has 8 heteroatoms. The van der Waals surface area contributed by atoms with Crippen molar-refractivity contribution in [3.63, 3.8) is 0 Å². The first kappa shape index (κ1) is 16.1. The SMILES string of the molecule is CCCSC1=N/C(=C/c2ccc(Cl)c([N+](=O)[O-])c2)C(=O)S1. The van der Waals surface area contributed by atoms with Gasteiger partial charge in [-0.15, -0.1) is 0 Å². The van der Waals surface area contributed by atoms with Crippen molar-refractivity contribution in [2.24, 2.45) is 4.99 Å². The summed E-state index contributed by atoms with van der Waals surface area (Å²) in [6.07, 6.45) is 2.54. The minimum Gasteiger partial charge on any atom is -0.279 e. The summed E-state index contributed by atoms with van der Waals surface area (Å²) >= 11 is 8.38. The molecule has 0 aromatic heterocycles. The maximum absolute atomic E-state index is 11.8. The van der Waals surface area contributed by atoms with Gasteiger partial charge < -0.3 is 0 Å². The van der Waals surface area contributed by atoms with E-state index in [4.69, 9.17) is 11.6 Å². The largest absolute Gasteiger partial charge is 0.288 e. The van der Waals surface area contributed by atoms with Crippen LogP contribution in [0.2, 0.25) is 5.02 Å².